The highest BCUT2D eigenvalue weighted by Gasteiger charge is 2.18. The van der Waals surface area contributed by atoms with Crippen LogP contribution in [0.3, 0.4) is 0 Å². The van der Waals surface area contributed by atoms with E-state index in [2.05, 4.69) is 4.74 Å². The lowest BCUT2D eigenvalue weighted by atomic mass is 10.1. The zero-order chi connectivity index (χ0) is 12.6. The number of benzene rings is 1. The molecule has 5 nitrogen and oxygen atoms in total. The average Bonchev–Trinajstić information content (AvgIpc) is 2.36. The largest absolute Gasteiger partial charge is 0.465 e. The van der Waals surface area contributed by atoms with Crippen molar-refractivity contribution in [1.29, 1.82) is 0 Å². The summed E-state index contributed by atoms with van der Waals surface area (Å²) in [6.45, 7) is 1.73. The third kappa shape index (κ3) is 1.56. The number of ether oxygens (including phenoxy) is 1. The Morgan fingerprint density at radius 1 is 1.29 bits per heavy atom. The smallest absolute Gasteiger partial charge is 0.344 e. The van der Waals surface area contributed by atoms with E-state index in [4.69, 9.17) is 5.84 Å². The Balaban J connectivity index is 3.01. The molecule has 0 bridgehead atoms. The normalized spacial score (nSPS) is 10.5. The molecule has 88 valence electrons. The Hall–Kier alpha value is -2.30. The second kappa shape index (κ2) is 3.93. The number of methoxy groups -OCH3 is 1. The lowest BCUT2D eigenvalue weighted by Crippen LogP contribution is -2.34. The molecule has 2 N–H and O–H groups in total. The number of nitrogen functional groups attached to an aromatic ring is 1. The summed E-state index contributed by atoms with van der Waals surface area (Å²) in [7, 11) is 1.23. The number of aryl methyl sites for hydroxylation is 1. The number of hydrogen-bond donors (Lipinski definition) is 1. The number of pyridine rings is 1. The Morgan fingerprint density at radius 3 is 2.47 bits per heavy atom. The molecule has 0 aliphatic heterocycles. The van der Waals surface area contributed by atoms with Crippen molar-refractivity contribution in [3.05, 3.63) is 45.9 Å². The van der Waals surface area contributed by atoms with Gasteiger partial charge in [0.25, 0.3) is 5.56 Å². The Morgan fingerprint density at radius 2 is 1.88 bits per heavy atom. The van der Waals surface area contributed by atoms with E-state index >= 15 is 0 Å². The van der Waals surface area contributed by atoms with Gasteiger partial charge in [0.1, 0.15) is 5.56 Å². The first-order valence-corrected chi connectivity index (χ1v) is 5.05. The van der Waals surface area contributed by atoms with E-state index in [9.17, 15) is 9.59 Å². The number of hydrogen-bond acceptors (Lipinski definition) is 4. The molecule has 0 radical (unpaired) electrons. The van der Waals surface area contributed by atoms with Gasteiger partial charge in [-0.2, -0.15) is 0 Å². The zero-order valence-corrected chi connectivity index (χ0v) is 9.56. The minimum absolute atomic E-state index is 0.0313. The van der Waals surface area contributed by atoms with Crippen LogP contribution in [0, 0.1) is 6.92 Å². The number of carbonyl (C=O) groups is 1. The van der Waals surface area contributed by atoms with Gasteiger partial charge in [-0.3, -0.25) is 4.79 Å². The summed E-state index contributed by atoms with van der Waals surface area (Å²) in [5.41, 5.74) is 0.0301. The second-order valence-electron chi connectivity index (χ2n) is 3.67. The van der Waals surface area contributed by atoms with E-state index < -0.39 is 11.5 Å². The Labute approximate surface area is 97.4 Å². The van der Waals surface area contributed by atoms with E-state index in [1.807, 2.05) is 6.07 Å². The van der Waals surface area contributed by atoms with Crippen molar-refractivity contribution >= 4 is 16.7 Å². The van der Waals surface area contributed by atoms with E-state index in [0.29, 0.717) is 11.1 Å². The lowest BCUT2D eigenvalue weighted by Gasteiger charge is -2.10. The summed E-state index contributed by atoms with van der Waals surface area (Å²) >= 11 is 0. The van der Waals surface area contributed by atoms with Crippen molar-refractivity contribution < 1.29 is 9.53 Å². The van der Waals surface area contributed by atoms with Gasteiger partial charge in [-0.15, -0.1) is 0 Å². The van der Waals surface area contributed by atoms with Crippen LogP contribution >= 0.6 is 0 Å². The molecule has 0 aliphatic carbocycles. The molecule has 0 unspecified atom stereocenters. The summed E-state index contributed by atoms with van der Waals surface area (Å²) in [5.74, 6) is 4.96. The van der Waals surface area contributed by atoms with Gasteiger partial charge in [0.05, 0.1) is 7.11 Å². The highest BCUT2D eigenvalue weighted by molar-refractivity contribution is 6.04. The highest BCUT2D eigenvalue weighted by Crippen LogP contribution is 2.19. The fourth-order valence-electron chi connectivity index (χ4n) is 1.83. The van der Waals surface area contributed by atoms with Crippen LogP contribution in [0.2, 0.25) is 0 Å². The number of esters is 1. The predicted molar refractivity (Wildman–Crippen MR) is 64.4 cm³/mol. The topological polar surface area (TPSA) is 74.3 Å². The SMILES string of the molecule is COC(=O)c1c(=O)n(N)c(C)c2ccccc12. The molecule has 2 aromatic rings. The van der Waals surface area contributed by atoms with Crippen molar-refractivity contribution in [3.63, 3.8) is 0 Å². The molecule has 17 heavy (non-hydrogen) atoms. The molecular weight excluding hydrogens is 220 g/mol. The van der Waals surface area contributed by atoms with Crippen LogP contribution in [0.25, 0.3) is 10.8 Å². The van der Waals surface area contributed by atoms with Crippen LogP contribution in [0.1, 0.15) is 16.1 Å². The summed E-state index contributed by atoms with van der Waals surface area (Å²) in [5, 5.41) is 1.32. The van der Waals surface area contributed by atoms with Crippen LogP contribution in [0.4, 0.5) is 0 Å². The standard InChI is InChI=1S/C12H12N2O3/c1-7-8-5-3-4-6-9(8)10(12(16)17-2)11(15)14(7)13/h3-6H,13H2,1-2H3. The molecule has 0 fully saturated rings. The van der Waals surface area contributed by atoms with Gasteiger partial charge in [0, 0.05) is 16.5 Å². The van der Waals surface area contributed by atoms with Gasteiger partial charge >= 0.3 is 5.97 Å². The number of nitrogens with zero attached hydrogens (tertiary/aromatic N) is 1. The summed E-state index contributed by atoms with van der Waals surface area (Å²) in [4.78, 5) is 23.6. The van der Waals surface area contributed by atoms with Crippen LogP contribution in [0.15, 0.2) is 29.1 Å². The fourth-order valence-corrected chi connectivity index (χ4v) is 1.83. The van der Waals surface area contributed by atoms with E-state index in [-0.39, 0.29) is 5.56 Å². The van der Waals surface area contributed by atoms with Crippen molar-refractivity contribution in [1.82, 2.24) is 4.68 Å². The van der Waals surface area contributed by atoms with Crippen molar-refractivity contribution in [2.24, 2.45) is 0 Å². The molecule has 1 aromatic carbocycles. The molecule has 0 saturated carbocycles. The molecule has 0 spiro atoms. The van der Waals surface area contributed by atoms with Crippen LogP contribution in [-0.4, -0.2) is 17.8 Å². The van der Waals surface area contributed by atoms with Gasteiger partial charge in [0.2, 0.25) is 0 Å². The fraction of sp³-hybridized carbons (Fsp3) is 0.167. The lowest BCUT2D eigenvalue weighted by molar-refractivity contribution is 0.0600. The van der Waals surface area contributed by atoms with Crippen LogP contribution in [-0.2, 0) is 4.74 Å². The molecule has 0 saturated heterocycles. The summed E-state index contributed by atoms with van der Waals surface area (Å²) in [6, 6.07) is 7.09. The van der Waals surface area contributed by atoms with Crippen molar-refractivity contribution in [3.8, 4) is 0 Å². The van der Waals surface area contributed by atoms with E-state index in [1.54, 1.807) is 25.1 Å². The average molecular weight is 232 g/mol. The quantitative estimate of drug-likeness (QED) is 0.583. The van der Waals surface area contributed by atoms with Gasteiger partial charge < -0.3 is 10.6 Å². The first kappa shape index (κ1) is 11.2. The predicted octanol–water partition coefficient (Wildman–Crippen LogP) is 0.810. The summed E-state index contributed by atoms with van der Waals surface area (Å²) < 4.78 is 5.58. The molecule has 2 rings (SSSR count). The number of rotatable bonds is 1. The van der Waals surface area contributed by atoms with Crippen molar-refractivity contribution in [2.45, 2.75) is 6.92 Å². The third-order valence-electron chi connectivity index (χ3n) is 2.77. The first-order chi connectivity index (χ1) is 8.07. The van der Waals surface area contributed by atoms with Gasteiger partial charge in [-0.1, -0.05) is 24.3 Å². The van der Waals surface area contributed by atoms with Gasteiger partial charge in [0.15, 0.2) is 0 Å². The molecule has 5 heteroatoms. The number of fused-ring (bicyclic) bond motifs is 1. The molecule has 0 amide bonds. The Kier molecular flexibility index (Phi) is 2.59. The van der Waals surface area contributed by atoms with Gasteiger partial charge in [-0.25, -0.2) is 9.47 Å². The maximum absolute atomic E-state index is 11.9. The van der Waals surface area contributed by atoms with Crippen LogP contribution in [0.5, 0.6) is 0 Å². The Bertz CT molecular complexity index is 659. The van der Waals surface area contributed by atoms with Crippen molar-refractivity contribution in [2.75, 3.05) is 13.0 Å². The van der Waals surface area contributed by atoms with E-state index in [1.165, 1.54) is 7.11 Å². The third-order valence-corrected chi connectivity index (χ3v) is 2.77. The molecule has 0 aliphatic rings. The molecule has 1 heterocycles. The second-order valence-corrected chi connectivity index (χ2v) is 3.67. The molecular formula is C12H12N2O3. The van der Waals surface area contributed by atoms with Gasteiger partial charge in [-0.05, 0) is 6.92 Å². The highest BCUT2D eigenvalue weighted by atomic mass is 16.5. The number of carbonyl (C=O) groups excluding carboxylic acids is 1. The number of nitrogens with two attached hydrogens (primary N) is 1. The van der Waals surface area contributed by atoms with E-state index in [0.717, 1.165) is 10.1 Å². The maximum atomic E-state index is 11.9. The first-order valence-electron chi connectivity index (χ1n) is 5.05. The minimum Gasteiger partial charge on any atom is -0.465 e. The molecule has 0 atom stereocenters. The molecule has 1 aromatic heterocycles. The summed E-state index contributed by atoms with van der Waals surface area (Å²) in [6.07, 6.45) is 0. The van der Waals surface area contributed by atoms with Crippen LogP contribution < -0.4 is 11.4 Å². The zero-order valence-electron chi connectivity index (χ0n) is 9.56. The monoisotopic (exact) mass is 232 g/mol. The minimum atomic E-state index is -0.676. The maximum Gasteiger partial charge on any atom is 0.344 e. The number of aromatic nitrogens is 1.